The third-order valence-electron chi connectivity index (χ3n) is 6.57. The highest BCUT2D eigenvalue weighted by Gasteiger charge is 2.35. The van der Waals surface area contributed by atoms with Gasteiger partial charge in [-0.3, -0.25) is 0 Å². The van der Waals surface area contributed by atoms with Gasteiger partial charge in [0.15, 0.2) is 0 Å². The molecule has 182 valence electrons. The van der Waals surface area contributed by atoms with Crippen molar-refractivity contribution >= 4 is 17.4 Å². The standard InChI is InChI=1S/C20H22N2Si.C13H11B/c1-17(2)15-23-20(22-14-13-21-16-22,18-9-5-3-6-10-18)19-11-7-4-8-12-19;14-13(11-7-3-1-4-8-11)12-9-5-2-6-10-12/h3-16H,23H2,1-2H3;1-10,13H. The maximum absolute atomic E-state index is 6.12. The zero-order valence-electron chi connectivity index (χ0n) is 21.6. The molecule has 2 radical (unpaired) electrons. The van der Waals surface area contributed by atoms with Crippen LogP contribution >= 0.6 is 0 Å². The number of allylic oxidation sites excluding steroid dienone is 1. The van der Waals surface area contributed by atoms with E-state index in [0.717, 1.165) is 11.1 Å². The van der Waals surface area contributed by atoms with Crippen LogP contribution in [-0.4, -0.2) is 26.9 Å². The van der Waals surface area contributed by atoms with Crippen LogP contribution in [0.2, 0.25) is 0 Å². The lowest BCUT2D eigenvalue weighted by Gasteiger charge is -2.36. The summed E-state index contributed by atoms with van der Waals surface area (Å²) in [5.41, 5.74) is 8.78. The molecule has 0 N–H and O–H groups in total. The van der Waals surface area contributed by atoms with E-state index in [1.165, 1.54) is 16.7 Å². The Balaban J connectivity index is 0.000000195. The lowest BCUT2D eigenvalue weighted by atomic mass is 9.76. The van der Waals surface area contributed by atoms with Gasteiger partial charge >= 0.3 is 0 Å². The van der Waals surface area contributed by atoms with Gasteiger partial charge in [-0.2, -0.15) is 0 Å². The average molecular weight is 497 g/mol. The number of imidazole rings is 1. The number of hydrogen-bond acceptors (Lipinski definition) is 1. The van der Waals surface area contributed by atoms with E-state index >= 15 is 0 Å². The second-order valence-electron chi connectivity index (χ2n) is 9.35. The van der Waals surface area contributed by atoms with E-state index in [1.807, 2.05) is 48.9 Å². The first kappa shape index (κ1) is 26.2. The van der Waals surface area contributed by atoms with Gasteiger partial charge < -0.3 is 4.57 Å². The fraction of sp³-hybridized carbons (Fsp3) is 0.121. The highest BCUT2D eigenvalue weighted by molar-refractivity contribution is 6.47. The van der Waals surface area contributed by atoms with E-state index in [1.54, 1.807) is 0 Å². The Morgan fingerprint density at radius 1 is 0.730 bits per heavy atom. The highest BCUT2D eigenvalue weighted by atomic mass is 28.2. The molecule has 0 bridgehead atoms. The van der Waals surface area contributed by atoms with Gasteiger partial charge in [0.2, 0.25) is 0 Å². The maximum atomic E-state index is 6.12. The van der Waals surface area contributed by atoms with Crippen molar-refractivity contribution in [1.29, 1.82) is 0 Å². The Labute approximate surface area is 225 Å². The van der Waals surface area contributed by atoms with E-state index in [-0.39, 0.29) is 11.0 Å². The van der Waals surface area contributed by atoms with Gasteiger partial charge in [-0.1, -0.05) is 133 Å². The van der Waals surface area contributed by atoms with Crippen LogP contribution < -0.4 is 0 Å². The summed E-state index contributed by atoms with van der Waals surface area (Å²) in [4.78, 5) is 4.33. The zero-order chi connectivity index (χ0) is 25.9. The Kier molecular flexibility index (Phi) is 9.12. The second kappa shape index (κ2) is 12.9. The summed E-state index contributed by atoms with van der Waals surface area (Å²) < 4.78 is 2.28. The van der Waals surface area contributed by atoms with Crippen LogP contribution in [-0.2, 0) is 5.16 Å². The SMILES string of the molecule is CC(C)=C[SiH2]C(c1ccccc1)(c1ccccc1)n1ccnc1.[B]C(c1ccccc1)c1ccccc1. The molecule has 5 aromatic rings. The number of hydrogen-bond donors (Lipinski definition) is 0. The molecular formula is C33H33BN2Si. The molecule has 0 unspecified atom stereocenters. The first-order chi connectivity index (χ1) is 18.1. The fourth-order valence-electron chi connectivity index (χ4n) is 4.58. The molecule has 0 saturated heterocycles. The molecule has 1 aromatic heterocycles. The monoisotopic (exact) mass is 496 g/mol. The van der Waals surface area contributed by atoms with Gasteiger partial charge in [0.05, 0.1) is 28.9 Å². The molecule has 5 rings (SSSR count). The molecule has 0 atom stereocenters. The zero-order valence-corrected chi connectivity index (χ0v) is 23.0. The number of nitrogens with zero attached hydrogens (tertiary/aromatic N) is 2. The number of aromatic nitrogens is 2. The van der Waals surface area contributed by atoms with Gasteiger partial charge in [-0.05, 0) is 41.9 Å². The molecule has 2 nitrogen and oxygen atoms in total. The maximum Gasteiger partial charge on any atom is 0.0954 e. The van der Waals surface area contributed by atoms with Gasteiger partial charge in [0, 0.05) is 12.4 Å². The molecule has 0 aliphatic rings. The minimum absolute atomic E-state index is 0.0163. The molecule has 4 aromatic carbocycles. The Morgan fingerprint density at radius 2 is 1.16 bits per heavy atom. The van der Waals surface area contributed by atoms with Crippen LogP contribution in [0.25, 0.3) is 0 Å². The molecule has 1 heterocycles. The molecular weight excluding hydrogens is 463 g/mol. The van der Waals surface area contributed by atoms with Crippen molar-refractivity contribution < 1.29 is 0 Å². The Bertz CT molecular complexity index is 1270. The first-order valence-corrected chi connectivity index (χ1v) is 14.2. The van der Waals surface area contributed by atoms with Gasteiger partial charge in [0.25, 0.3) is 0 Å². The van der Waals surface area contributed by atoms with E-state index < -0.39 is 9.52 Å². The molecule has 0 spiro atoms. The van der Waals surface area contributed by atoms with Crippen molar-refractivity contribution in [3.8, 4) is 0 Å². The predicted molar refractivity (Wildman–Crippen MR) is 160 cm³/mol. The Morgan fingerprint density at radius 3 is 1.54 bits per heavy atom. The summed E-state index contributed by atoms with van der Waals surface area (Å²) in [7, 11) is 5.48. The summed E-state index contributed by atoms with van der Waals surface area (Å²) in [5, 5.41) is -0.143. The first-order valence-electron chi connectivity index (χ1n) is 12.7. The predicted octanol–water partition coefficient (Wildman–Crippen LogP) is 6.67. The molecule has 0 fully saturated rings. The van der Waals surface area contributed by atoms with Crippen LogP contribution in [0.4, 0.5) is 0 Å². The average Bonchev–Trinajstić information content (AvgIpc) is 3.51. The topological polar surface area (TPSA) is 17.8 Å². The third kappa shape index (κ3) is 6.46. The Hall–Kier alpha value is -3.89. The van der Waals surface area contributed by atoms with Crippen molar-refractivity contribution in [1.82, 2.24) is 9.55 Å². The number of benzene rings is 4. The van der Waals surface area contributed by atoms with Crippen LogP contribution in [0.15, 0.2) is 151 Å². The fourth-order valence-corrected chi connectivity index (χ4v) is 6.63. The summed E-state index contributed by atoms with van der Waals surface area (Å²) in [6.45, 7) is 4.36. The highest BCUT2D eigenvalue weighted by Crippen LogP contribution is 2.33. The minimum Gasteiger partial charge on any atom is -0.326 e. The van der Waals surface area contributed by atoms with E-state index in [0.29, 0.717) is 0 Å². The molecule has 0 aliphatic carbocycles. The largest absolute Gasteiger partial charge is 0.326 e. The van der Waals surface area contributed by atoms with Gasteiger partial charge in [0.1, 0.15) is 0 Å². The lowest BCUT2D eigenvalue weighted by molar-refractivity contribution is 0.596. The van der Waals surface area contributed by atoms with Crippen molar-refractivity contribution in [2.75, 3.05) is 0 Å². The minimum atomic E-state index is -0.634. The molecule has 4 heteroatoms. The second-order valence-corrected chi connectivity index (χ2v) is 11.2. The van der Waals surface area contributed by atoms with Crippen LogP contribution in [0.5, 0.6) is 0 Å². The van der Waals surface area contributed by atoms with Crippen molar-refractivity contribution in [2.24, 2.45) is 0 Å². The third-order valence-corrected chi connectivity index (χ3v) is 9.36. The number of rotatable bonds is 7. The van der Waals surface area contributed by atoms with E-state index in [9.17, 15) is 0 Å². The van der Waals surface area contributed by atoms with Crippen LogP contribution in [0, 0.1) is 0 Å². The van der Waals surface area contributed by atoms with Gasteiger partial charge in [-0.15, -0.1) is 0 Å². The van der Waals surface area contributed by atoms with E-state index in [2.05, 4.69) is 120 Å². The van der Waals surface area contributed by atoms with E-state index in [4.69, 9.17) is 7.85 Å². The van der Waals surface area contributed by atoms with Crippen LogP contribution in [0.3, 0.4) is 0 Å². The summed E-state index contributed by atoms with van der Waals surface area (Å²) in [6.07, 6.45) is 5.91. The molecule has 0 saturated carbocycles. The molecule has 0 amide bonds. The quantitative estimate of drug-likeness (QED) is 0.230. The smallest absolute Gasteiger partial charge is 0.0954 e. The van der Waals surface area contributed by atoms with Crippen LogP contribution in [0.1, 0.15) is 41.9 Å². The van der Waals surface area contributed by atoms with Crippen molar-refractivity contribution in [3.05, 3.63) is 174 Å². The molecule has 37 heavy (non-hydrogen) atoms. The summed E-state index contributed by atoms with van der Waals surface area (Å²) in [5.74, 6) is -0.0163. The van der Waals surface area contributed by atoms with Gasteiger partial charge in [-0.25, -0.2) is 4.98 Å². The summed E-state index contributed by atoms with van der Waals surface area (Å²) in [6, 6.07) is 41.9. The summed E-state index contributed by atoms with van der Waals surface area (Å²) >= 11 is 0. The van der Waals surface area contributed by atoms with Crippen molar-refractivity contribution in [2.45, 2.75) is 24.8 Å². The normalized spacial score (nSPS) is 11.2. The lowest BCUT2D eigenvalue weighted by Crippen LogP contribution is -2.41. The van der Waals surface area contributed by atoms with Crippen molar-refractivity contribution in [3.63, 3.8) is 0 Å². The molecule has 0 aliphatic heterocycles.